The molecule has 0 aliphatic heterocycles. The van der Waals surface area contributed by atoms with E-state index in [9.17, 15) is 8.42 Å². The third-order valence-corrected chi connectivity index (χ3v) is 1.72. The zero-order valence-corrected chi connectivity index (χ0v) is 10.4. The second-order valence-corrected chi connectivity index (χ2v) is 4.50. The van der Waals surface area contributed by atoms with Gasteiger partial charge in [0.1, 0.15) is 11.5 Å². The van der Waals surface area contributed by atoms with Gasteiger partial charge in [0.2, 0.25) is 0 Å². The fraction of sp³-hybridized carbons (Fsp3) is 0. The van der Waals surface area contributed by atoms with Crippen LogP contribution in [0.4, 0.5) is 0 Å². The summed E-state index contributed by atoms with van der Waals surface area (Å²) in [6.45, 7) is 0. The first kappa shape index (κ1) is 14.2. The Morgan fingerprint density at radius 1 is 0.722 bits per heavy atom. The summed E-state index contributed by atoms with van der Waals surface area (Å²) in [4.78, 5) is 0. The van der Waals surface area contributed by atoms with Crippen molar-refractivity contribution < 1.29 is 13.2 Å². The SMILES string of the molecule is NS(N)(=O)=O.c1ccc(Oc2ccccc2)cc1. The molecule has 2 aromatic rings. The van der Waals surface area contributed by atoms with E-state index in [0.717, 1.165) is 11.5 Å². The average Bonchev–Trinajstić information content (AvgIpc) is 2.29. The van der Waals surface area contributed by atoms with Crippen LogP contribution in [0.2, 0.25) is 0 Å². The Hall–Kier alpha value is -1.89. The van der Waals surface area contributed by atoms with Crippen molar-refractivity contribution in [1.29, 1.82) is 0 Å². The molecule has 0 aromatic heterocycles. The van der Waals surface area contributed by atoms with Gasteiger partial charge in [0.25, 0.3) is 10.2 Å². The summed E-state index contributed by atoms with van der Waals surface area (Å²) >= 11 is 0. The van der Waals surface area contributed by atoms with E-state index in [1.807, 2.05) is 60.7 Å². The van der Waals surface area contributed by atoms with Crippen molar-refractivity contribution in [2.45, 2.75) is 0 Å². The Kier molecular flexibility index (Phi) is 5.31. The van der Waals surface area contributed by atoms with Crippen LogP contribution in [-0.4, -0.2) is 8.42 Å². The molecule has 0 radical (unpaired) electrons. The van der Waals surface area contributed by atoms with Crippen LogP contribution in [0.1, 0.15) is 0 Å². The molecule has 4 N–H and O–H groups in total. The number of ether oxygens (including phenoxy) is 1. The molecule has 0 heterocycles. The normalized spacial score (nSPS) is 10.1. The van der Waals surface area contributed by atoms with Gasteiger partial charge in [0.05, 0.1) is 0 Å². The Morgan fingerprint density at radius 3 is 1.28 bits per heavy atom. The first-order chi connectivity index (χ1) is 8.45. The van der Waals surface area contributed by atoms with Crippen LogP contribution in [-0.2, 0) is 10.2 Å². The third-order valence-electron chi connectivity index (χ3n) is 1.72. The third kappa shape index (κ3) is 7.39. The maximum atomic E-state index is 9.19. The van der Waals surface area contributed by atoms with Gasteiger partial charge in [-0.15, -0.1) is 0 Å². The van der Waals surface area contributed by atoms with E-state index < -0.39 is 10.2 Å². The molecule has 0 atom stereocenters. The monoisotopic (exact) mass is 266 g/mol. The van der Waals surface area contributed by atoms with Crippen LogP contribution in [0.5, 0.6) is 11.5 Å². The minimum Gasteiger partial charge on any atom is -0.457 e. The number of hydrogen-bond acceptors (Lipinski definition) is 3. The number of rotatable bonds is 2. The van der Waals surface area contributed by atoms with Crippen molar-refractivity contribution in [2.75, 3.05) is 0 Å². The van der Waals surface area contributed by atoms with Crippen molar-refractivity contribution >= 4 is 10.2 Å². The zero-order valence-electron chi connectivity index (χ0n) is 9.56. The molecule has 0 aliphatic carbocycles. The largest absolute Gasteiger partial charge is 0.457 e. The van der Waals surface area contributed by atoms with E-state index in [1.54, 1.807) is 0 Å². The predicted molar refractivity (Wildman–Crippen MR) is 70.3 cm³/mol. The summed E-state index contributed by atoms with van der Waals surface area (Å²) in [6, 6.07) is 19.5. The lowest BCUT2D eigenvalue weighted by Crippen LogP contribution is -2.21. The minimum absolute atomic E-state index is 0.869. The summed E-state index contributed by atoms with van der Waals surface area (Å²) in [6.07, 6.45) is 0. The van der Waals surface area contributed by atoms with Crippen molar-refractivity contribution in [1.82, 2.24) is 0 Å². The summed E-state index contributed by atoms with van der Waals surface area (Å²) in [5.41, 5.74) is 0. The quantitative estimate of drug-likeness (QED) is 0.864. The van der Waals surface area contributed by atoms with Gasteiger partial charge in [-0.3, -0.25) is 0 Å². The molecular weight excluding hydrogens is 252 g/mol. The number of para-hydroxylation sites is 2. The van der Waals surface area contributed by atoms with Gasteiger partial charge < -0.3 is 4.74 Å². The van der Waals surface area contributed by atoms with Crippen LogP contribution in [0.3, 0.4) is 0 Å². The topological polar surface area (TPSA) is 95.4 Å². The van der Waals surface area contributed by atoms with Crippen molar-refractivity contribution in [3.05, 3.63) is 60.7 Å². The lowest BCUT2D eigenvalue weighted by atomic mass is 10.3. The highest BCUT2D eigenvalue weighted by atomic mass is 32.2. The molecule has 6 heteroatoms. The van der Waals surface area contributed by atoms with E-state index in [2.05, 4.69) is 10.3 Å². The Bertz CT molecular complexity index is 511. The van der Waals surface area contributed by atoms with Crippen LogP contribution in [0, 0.1) is 0 Å². The van der Waals surface area contributed by atoms with Crippen LogP contribution in [0.15, 0.2) is 60.7 Å². The van der Waals surface area contributed by atoms with E-state index in [0.29, 0.717) is 0 Å². The average molecular weight is 266 g/mol. The first-order valence-corrected chi connectivity index (χ1v) is 6.64. The van der Waals surface area contributed by atoms with Gasteiger partial charge in [-0.1, -0.05) is 36.4 Å². The standard InChI is InChI=1S/C12H10O.H4N2O2S/c1-3-7-11(8-4-1)13-12-9-5-2-6-10-12;1-5(2,3)4/h1-10H;(H4,1,2,3,4). The molecule has 0 fully saturated rings. The number of benzene rings is 2. The molecule has 0 saturated heterocycles. The highest BCUT2D eigenvalue weighted by molar-refractivity contribution is 7.86. The van der Waals surface area contributed by atoms with E-state index in [4.69, 9.17) is 4.74 Å². The summed E-state index contributed by atoms with van der Waals surface area (Å²) in [5.74, 6) is 1.74. The maximum Gasteiger partial charge on any atom is 0.271 e. The molecule has 96 valence electrons. The van der Waals surface area contributed by atoms with Crippen LogP contribution < -0.4 is 15.0 Å². The van der Waals surface area contributed by atoms with E-state index >= 15 is 0 Å². The number of nitrogens with two attached hydrogens (primary N) is 2. The Labute approximate surface area is 106 Å². The number of hydrogen-bond donors (Lipinski definition) is 2. The molecule has 2 rings (SSSR count). The van der Waals surface area contributed by atoms with Crippen LogP contribution >= 0.6 is 0 Å². The second-order valence-electron chi connectivity index (χ2n) is 3.32. The fourth-order valence-electron chi connectivity index (χ4n) is 1.11. The molecule has 5 nitrogen and oxygen atoms in total. The van der Waals surface area contributed by atoms with Gasteiger partial charge in [-0.25, -0.2) is 10.3 Å². The summed E-state index contributed by atoms with van der Waals surface area (Å²) in [7, 11) is -3.67. The molecular formula is C12H14N2O3S. The molecule has 0 saturated carbocycles. The van der Waals surface area contributed by atoms with E-state index in [-0.39, 0.29) is 0 Å². The predicted octanol–water partition coefficient (Wildman–Crippen LogP) is 1.63. The summed E-state index contributed by atoms with van der Waals surface area (Å²) < 4.78 is 24.0. The highest BCUT2D eigenvalue weighted by Crippen LogP contribution is 2.19. The minimum atomic E-state index is -3.67. The zero-order chi connectivity index (χ0) is 13.4. The lowest BCUT2D eigenvalue weighted by Gasteiger charge is -2.03. The molecule has 18 heavy (non-hydrogen) atoms. The highest BCUT2D eigenvalue weighted by Gasteiger charge is 1.92. The van der Waals surface area contributed by atoms with Gasteiger partial charge >= 0.3 is 0 Å². The molecule has 0 bridgehead atoms. The molecule has 0 unspecified atom stereocenters. The lowest BCUT2D eigenvalue weighted by molar-refractivity contribution is 0.482. The van der Waals surface area contributed by atoms with E-state index in [1.165, 1.54) is 0 Å². The molecule has 0 amide bonds. The molecule has 0 spiro atoms. The smallest absolute Gasteiger partial charge is 0.271 e. The first-order valence-electron chi connectivity index (χ1n) is 5.03. The van der Waals surface area contributed by atoms with Crippen LogP contribution in [0.25, 0.3) is 0 Å². The van der Waals surface area contributed by atoms with Gasteiger partial charge in [-0.2, -0.15) is 8.42 Å². The molecule has 0 aliphatic rings. The van der Waals surface area contributed by atoms with Gasteiger partial charge in [0, 0.05) is 0 Å². The Balaban J connectivity index is 0.000000280. The fourth-order valence-corrected chi connectivity index (χ4v) is 1.11. The van der Waals surface area contributed by atoms with Gasteiger partial charge in [-0.05, 0) is 24.3 Å². The van der Waals surface area contributed by atoms with Crippen molar-refractivity contribution in [3.8, 4) is 11.5 Å². The van der Waals surface area contributed by atoms with Crippen molar-refractivity contribution in [2.24, 2.45) is 10.3 Å². The second kappa shape index (κ2) is 6.75. The van der Waals surface area contributed by atoms with Crippen molar-refractivity contribution in [3.63, 3.8) is 0 Å². The Morgan fingerprint density at radius 2 is 1.00 bits per heavy atom. The summed E-state index contributed by atoms with van der Waals surface area (Å²) in [5, 5.41) is 8.21. The maximum absolute atomic E-state index is 9.19. The molecule has 2 aromatic carbocycles. The van der Waals surface area contributed by atoms with Gasteiger partial charge in [0.15, 0.2) is 0 Å².